The molecule has 0 spiro atoms. The second-order valence-electron chi connectivity index (χ2n) is 0.283. The maximum absolute atomic E-state index is 8.56. The fourth-order valence-electron chi connectivity index (χ4n) is 0. The fraction of sp³-hybridized carbons (Fsp3) is 0. The first-order valence-corrected chi connectivity index (χ1v) is 0.651. The summed E-state index contributed by atoms with van der Waals surface area (Å²) in [6.45, 7) is 0. The predicted molar refractivity (Wildman–Crippen MR) is 16.3 cm³/mol. The van der Waals surface area contributed by atoms with Crippen LogP contribution in [0.1, 0.15) is 0 Å². The molecule has 0 saturated carbocycles. The molecule has 0 aromatic rings. The van der Waals surface area contributed by atoms with Gasteiger partial charge in [-0.3, -0.25) is 0 Å². The zero-order chi connectivity index (χ0) is 3.58. The van der Waals surface area contributed by atoms with Crippen LogP contribution in [0, 0.1) is 0 Å². The molecule has 0 amide bonds. The molecule has 0 saturated heterocycles. The van der Waals surface area contributed by atoms with Gasteiger partial charge in [-0.1, -0.05) is 0 Å². The van der Waals surface area contributed by atoms with Crippen LogP contribution < -0.4 is 12.3 Å². The van der Waals surface area contributed by atoms with Crippen molar-refractivity contribution in [2.45, 2.75) is 0 Å². The summed E-state index contributed by atoms with van der Waals surface area (Å²) < 4.78 is 0. The van der Waals surface area contributed by atoms with Crippen molar-refractivity contribution in [1.29, 1.82) is 0 Å². The molecule has 0 unspecified atom stereocenters. The number of hydrogen-bond donors (Lipinski definition) is 2. The third-order valence-electron chi connectivity index (χ3n) is 0. The number of carbonyl (C=O) groups is 1. The Balaban J connectivity index is -0.00000000300. The second-order valence-corrected chi connectivity index (χ2v) is 0.283. The zero-order valence-electron chi connectivity index (χ0n) is 4.93. The van der Waals surface area contributed by atoms with Gasteiger partial charge in [0.25, 0.3) is 0 Å². The second kappa shape index (κ2) is 58.0. The summed E-state index contributed by atoms with van der Waals surface area (Å²) in [5.74, 6) is 0. The molecular weight excluding hydrogens is 251 g/mol. The van der Waals surface area contributed by atoms with E-state index in [-0.39, 0.29) is 62.2 Å². The van der Waals surface area contributed by atoms with Gasteiger partial charge in [0.1, 0.15) is 0 Å². The van der Waals surface area contributed by atoms with Crippen LogP contribution in [0.4, 0.5) is 4.79 Å². The van der Waals surface area contributed by atoms with Gasteiger partial charge in [-0.2, -0.15) is 0 Å². The van der Waals surface area contributed by atoms with Crippen LogP contribution in [0.2, 0.25) is 0 Å². The van der Waals surface area contributed by atoms with Crippen LogP contribution in [0.25, 0.3) is 0 Å². The minimum atomic E-state index is -1.83. The average molecular weight is 253 g/mol. The maximum Gasteiger partial charge on any atom is 2.00 e. The molecular formula is CH2N2O5Zn2+2. The van der Waals surface area contributed by atoms with Gasteiger partial charge in [-0.15, -0.1) is 0 Å². The Morgan fingerprint density at radius 3 is 0.900 bits per heavy atom. The monoisotopic (exact) mass is 250 g/mol. The topological polar surface area (TPSA) is 176 Å². The molecule has 0 aromatic carbocycles. The van der Waals surface area contributed by atoms with Crippen molar-refractivity contribution in [1.82, 2.24) is 12.3 Å². The van der Waals surface area contributed by atoms with Gasteiger partial charge in [0, 0.05) is 0 Å². The summed E-state index contributed by atoms with van der Waals surface area (Å²) >= 11 is 0. The zero-order valence-corrected chi connectivity index (χ0v) is 10.9. The van der Waals surface area contributed by atoms with Gasteiger partial charge in [0.2, 0.25) is 0 Å². The van der Waals surface area contributed by atoms with Crippen LogP contribution in [0.5, 0.6) is 0 Å². The van der Waals surface area contributed by atoms with Gasteiger partial charge in [-0.05, 0) is 0 Å². The van der Waals surface area contributed by atoms with E-state index in [0.29, 0.717) is 0 Å². The van der Waals surface area contributed by atoms with Crippen molar-refractivity contribution < 1.29 is 64.9 Å². The van der Waals surface area contributed by atoms with Crippen molar-refractivity contribution >= 4 is 6.16 Å². The molecule has 2 N–H and O–H groups in total. The average Bonchev–Trinajstić information content (AvgIpc) is 0.811. The number of hydrogen-bond acceptors (Lipinski definition) is 1. The van der Waals surface area contributed by atoms with E-state index < -0.39 is 6.16 Å². The van der Waals surface area contributed by atoms with E-state index in [1.165, 1.54) is 0 Å². The van der Waals surface area contributed by atoms with Crippen molar-refractivity contribution in [2.75, 3.05) is 0 Å². The van der Waals surface area contributed by atoms with E-state index in [0.717, 1.165) is 0 Å². The Hall–Kier alpha value is 0.357. The SMILES string of the molecule is O=C(O)O.[N+].[N+].[O-2].[O-2].[Zn+2].[Zn+2]. The molecule has 0 aliphatic carbocycles. The molecule has 8 radical (unpaired) electrons. The Morgan fingerprint density at radius 2 is 0.900 bits per heavy atom. The molecule has 0 fully saturated rings. The minimum absolute atomic E-state index is 0. The van der Waals surface area contributed by atoms with Crippen molar-refractivity contribution in [2.24, 2.45) is 0 Å². The van der Waals surface area contributed by atoms with E-state index in [9.17, 15) is 0 Å². The van der Waals surface area contributed by atoms with E-state index >= 15 is 0 Å². The van der Waals surface area contributed by atoms with Gasteiger partial charge in [0.05, 0.1) is 0 Å². The third kappa shape index (κ3) is 3550. The first-order chi connectivity index (χ1) is 1.73. The number of nitrogens with zero attached hydrogens (tertiary/aromatic N) is 2. The summed E-state index contributed by atoms with van der Waals surface area (Å²) in [6, 6.07) is 0. The summed E-state index contributed by atoms with van der Waals surface area (Å²) in [5.41, 5.74) is 0. The molecule has 0 rings (SSSR count). The fourth-order valence-corrected chi connectivity index (χ4v) is 0. The predicted octanol–water partition coefficient (Wildman–Crippen LogP) is -0.981. The Morgan fingerprint density at radius 1 is 0.900 bits per heavy atom. The maximum atomic E-state index is 8.56. The summed E-state index contributed by atoms with van der Waals surface area (Å²) in [5, 5.41) is 13.9. The van der Waals surface area contributed by atoms with Crippen molar-refractivity contribution in [3.05, 3.63) is 0 Å². The molecule has 0 aliphatic heterocycles. The summed E-state index contributed by atoms with van der Waals surface area (Å²) in [6.07, 6.45) is -1.83. The summed E-state index contributed by atoms with van der Waals surface area (Å²) in [4.78, 5) is 8.56. The van der Waals surface area contributed by atoms with E-state index in [2.05, 4.69) is 0 Å². The van der Waals surface area contributed by atoms with Crippen LogP contribution in [-0.4, -0.2) is 16.4 Å². The van der Waals surface area contributed by atoms with Crippen molar-refractivity contribution in [3.8, 4) is 0 Å². The number of carboxylic acid groups (broad SMARTS) is 2. The standard InChI is InChI=1S/CH2O3.2N.2O.2Zn/c2-1(3)4;;;;;;/h(H2,2,3,4);;;;;;/q;2*+1;2*-2;2*+2. The Kier molecular flexibility index (Phi) is 467. The van der Waals surface area contributed by atoms with Gasteiger partial charge in [0.15, 0.2) is 0 Å². The first kappa shape index (κ1) is 80.5. The molecule has 10 heavy (non-hydrogen) atoms. The largest absolute Gasteiger partial charge is 2.00 e. The minimum Gasteiger partial charge on any atom is -2.00 e. The van der Waals surface area contributed by atoms with Crippen LogP contribution in [0.15, 0.2) is 0 Å². The normalized spacial score (nSPS) is 2.40. The van der Waals surface area contributed by atoms with E-state index in [1.807, 2.05) is 0 Å². The summed E-state index contributed by atoms with van der Waals surface area (Å²) in [7, 11) is 0. The Bertz CT molecular complexity index is 40.6. The molecule has 48 valence electrons. The first-order valence-electron chi connectivity index (χ1n) is 0.651. The van der Waals surface area contributed by atoms with Gasteiger partial charge >= 0.3 is 57.4 Å². The third-order valence-corrected chi connectivity index (χ3v) is 0. The molecule has 0 aromatic heterocycles. The van der Waals surface area contributed by atoms with Gasteiger partial charge in [-0.25, -0.2) is 4.79 Å². The van der Waals surface area contributed by atoms with Crippen LogP contribution >= 0.6 is 0 Å². The smallest absolute Gasteiger partial charge is 2.00 e. The molecule has 7 nitrogen and oxygen atoms in total. The quantitative estimate of drug-likeness (QED) is 0.528. The van der Waals surface area contributed by atoms with Gasteiger partial charge < -0.3 is 21.2 Å². The molecule has 0 bridgehead atoms. The Labute approximate surface area is 83.5 Å². The van der Waals surface area contributed by atoms with E-state index in [4.69, 9.17) is 15.0 Å². The molecule has 9 heteroatoms. The molecule has 0 aliphatic rings. The molecule has 0 heterocycles. The van der Waals surface area contributed by atoms with E-state index in [1.54, 1.807) is 0 Å². The van der Waals surface area contributed by atoms with Crippen LogP contribution in [-0.2, 0) is 49.9 Å². The molecule has 0 atom stereocenters. The van der Waals surface area contributed by atoms with Crippen molar-refractivity contribution in [3.63, 3.8) is 0 Å². The van der Waals surface area contributed by atoms with Crippen LogP contribution in [0.3, 0.4) is 0 Å². The number of rotatable bonds is 0.